The van der Waals surface area contributed by atoms with Crippen molar-refractivity contribution in [2.24, 2.45) is 5.92 Å². The van der Waals surface area contributed by atoms with Crippen molar-refractivity contribution in [1.82, 2.24) is 4.90 Å². The second kappa shape index (κ2) is 7.24. The van der Waals surface area contributed by atoms with Crippen molar-refractivity contribution in [3.8, 4) is 0 Å². The van der Waals surface area contributed by atoms with Crippen molar-refractivity contribution in [3.63, 3.8) is 0 Å². The lowest BCUT2D eigenvalue weighted by Crippen LogP contribution is -2.31. The zero-order valence-electron chi connectivity index (χ0n) is 14.0. The first-order valence-electron chi connectivity index (χ1n) is 7.75. The molecule has 0 fully saturated rings. The molecule has 1 unspecified atom stereocenters. The molecule has 0 bridgehead atoms. The third-order valence-electron chi connectivity index (χ3n) is 3.66. The number of hydrogen-bond acceptors (Lipinski definition) is 2. The molecule has 20 heavy (non-hydrogen) atoms. The van der Waals surface area contributed by atoms with Gasteiger partial charge in [-0.15, -0.1) is 0 Å². The van der Waals surface area contributed by atoms with Crippen molar-refractivity contribution in [2.75, 3.05) is 19.6 Å². The van der Waals surface area contributed by atoms with Gasteiger partial charge < -0.3 is 10.0 Å². The van der Waals surface area contributed by atoms with Crippen LogP contribution in [-0.2, 0) is 5.41 Å². The van der Waals surface area contributed by atoms with Gasteiger partial charge in [0.2, 0.25) is 0 Å². The van der Waals surface area contributed by atoms with E-state index in [9.17, 15) is 5.11 Å². The number of hydrogen-bond donors (Lipinski definition) is 1. The summed E-state index contributed by atoms with van der Waals surface area (Å²) in [4.78, 5) is 2.31. The Labute approximate surface area is 124 Å². The fraction of sp³-hybridized carbons (Fsp3) is 0.667. The largest absolute Gasteiger partial charge is 0.387 e. The van der Waals surface area contributed by atoms with Crippen LogP contribution in [0.4, 0.5) is 0 Å². The molecule has 0 amide bonds. The van der Waals surface area contributed by atoms with E-state index in [1.54, 1.807) is 0 Å². The molecular weight excluding hydrogens is 246 g/mol. The SMILES string of the molecule is CCN(CC(C)C)CC(O)c1ccc(C(C)(C)C)cc1. The zero-order valence-corrected chi connectivity index (χ0v) is 14.0. The highest BCUT2D eigenvalue weighted by Crippen LogP contribution is 2.24. The van der Waals surface area contributed by atoms with Gasteiger partial charge in [0.1, 0.15) is 0 Å². The molecule has 0 aromatic heterocycles. The molecule has 0 aliphatic carbocycles. The van der Waals surface area contributed by atoms with Crippen molar-refractivity contribution in [1.29, 1.82) is 0 Å². The van der Waals surface area contributed by atoms with Gasteiger partial charge in [-0.25, -0.2) is 0 Å². The number of nitrogens with zero attached hydrogens (tertiary/aromatic N) is 1. The Hall–Kier alpha value is -0.860. The minimum Gasteiger partial charge on any atom is -0.387 e. The van der Waals surface area contributed by atoms with Crippen LogP contribution in [-0.4, -0.2) is 29.6 Å². The monoisotopic (exact) mass is 277 g/mol. The maximum absolute atomic E-state index is 10.4. The van der Waals surface area contributed by atoms with Crippen molar-refractivity contribution < 1.29 is 5.11 Å². The van der Waals surface area contributed by atoms with E-state index in [1.807, 2.05) is 0 Å². The van der Waals surface area contributed by atoms with Crippen molar-refractivity contribution >= 4 is 0 Å². The summed E-state index contributed by atoms with van der Waals surface area (Å²) in [6.45, 7) is 15.9. The first kappa shape index (κ1) is 17.2. The zero-order chi connectivity index (χ0) is 15.3. The van der Waals surface area contributed by atoms with Gasteiger partial charge in [0, 0.05) is 13.1 Å². The number of aliphatic hydroxyl groups excluding tert-OH is 1. The van der Waals surface area contributed by atoms with E-state index < -0.39 is 6.10 Å². The molecule has 0 spiro atoms. The maximum atomic E-state index is 10.4. The average molecular weight is 277 g/mol. The van der Waals surface area contributed by atoms with E-state index >= 15 is 0 Å². The lowest BCUT2D eigenvalue weighted by molar-refractivity contribution is 0.109. The molecule has 2 heteroatoms. The second-order valence-corrected chi connectivity index (χ2v) is 7.13. The van der Waals surface area contributed by atoms with Crippen LogP contribution in [0.3, 0.4) is 0 Å². The summed E-state index contributed by atoms with van der Waals surface area (Å²) in [6.07, 6.45) is -0.400. The third-order valence-corrected chi connectivity index (χ3v) is 3.66. The minimum atomic E-state index is -0.400. The van der Waals surface area contributed by atoms with E-state index in [1.165, 1.54) is 5.56 Å². The summed E-state index contributed by atoms with van der Waals surface area (Å²) in [7, 11) is 0. The fourth-order valence-corrected chi connectivity index (χ4v) is 2.40. The van der Waals surface area contributed by atoms with Crippen molar-refractivity contribution in [2.45, 2.75) is 53.1 Å². The summed E-state index contributed by atoms with van der Waals surface area (Å²) in [5, 5.41) is 10.4. The van der Waals surface area contributed by atoms with Crippen LogP contribution in [0.5, 0.6) is 0 Å². The summed E-state index contributed by atoms with van der Waals surface area (Å²) in [5.74, 6) is 0.630. The van der Waals surface area contributed by atoms with E-state index in [4.69, 9.17) is 0 Å². The standard InChI is InChI=1S/C18H31NO/c1-7-19(12-14(2)3)13-17(20)15-8-10-16(11-9-15)18(4,5)6/h8-11,14,17,20H,7,12-13H2,1-6H3. The molecule has 1 aromatic carbocycles. The van der Waals surface area contributed by atoms with Crippen LogP contribution in [0.15, 0.2) is 24.3 Å². The van der Waals surface area contributed by atoms with Crippen LogP contribution >= 0.6 is 0 Å². The van der Waals surface area contributed by atoms with Crippen LogP contribution in [0.25, 0.3) is 0 Å². The molecule has 1 N–H and O–H groups in total. The molecule has 0 radical (unpaired) electrons. The summed E-state index contributed by atoms with van der Waals surface area (Å²) < 4.78 is 0. The Kier molecular flexibility index (Phi) is 6.22. The van der Waals surface area contributed by atoms with E-state index in [0.29, 0.717) is 12.5 Å². The number of aliphatic hydroxyl groups is 1. The first-order chi connectivity index (χ1) is 9.24. The van der Waals surface area contributed by atoms with Crippen molar-refractivity contribution in [3.05, 3.63) is 35.4 Å². The fourth-order valence-electron chi connectivity index (χ4n) is 2.40. The van der Waals surface area contributed by atoms with Crippen LogP contribution in [0, 0.1) is 5.92 Å². The number of benzene rings is 1. The van der Waals surface area contributed by atoms with Gasteiger partial charge in [-0.1, -0.05) is 65.8 Å². The Bertz CT molecular complexity index is 389. The molecular formula is C18H31NO. The molecule has 0 aliphatic rings. The predicted octanol–water partition coefficient (Wildman–Crippen LogP) is 4.00. The summed E-state index contributed by atoms with van der Waals surface area (Å²) in [5.41, 5.74) is 2.49. The molecule has 114 valence electrons. The predicted molar refractivity (Wildman–Crippen MR) is 87.1 cm³/mol. The van der Waals surface area contributed by atoms with Gasteiger partial charge in [0.25, 0.3) is 0 Å². The van der Waals surface area contributed by atoms with E-state index in [0.717, 1.165) is 18.7 Å². The Morgan fingerprint density at radius 3 is 2.00 bits per heavy atom. The molecule has 0 aliphatic heterocycles. The van der Waals surface area contributed by atoms with Gasteiger partial charge in [-0.3, -0.25) is 0 Å². The van der Waals surface area contributed by atoms with Crippen LogP contribution in [0.1, 0.15) is 58.8 Å². The molecule has 2 nitrogen and oxygen atoms in total. The summed E-state index contributed by atoms with van der Waals surface area (Å²) in [6, 6.07) is 8.40. The molecule has 0 saturated heterocycles. The smallest absolute Gasteiger partial charge is 0.0916 e. The lowest BCUT2D eigenvalue weighted by Gasteiger charge is -2.26. The first-order valence-corrected chi connectivity index (χ1v) is 7.75. The van der Waals surface area contributed by atoms with Gasteiger partial charge in [-0.05, 0) is 29.0 Å². The minimum absolute atomic E-state index is 0.163. The Morgan fingerprint density at radius 2 is 1.60 bits per heavy atom. The average Bonchev–Trinajstić information content (AvgIpc) is 2.36. The Morgan fingerprint density at radius 1 is 1.05 bits per heavy atom. The lowest BCUT2D eigenvalue weighted by atomic mass is 9.86. The number of likely N-dealkylation sites (N-methyl/N-ethyl adjacent to an activating group) is 1. The molecule has 1 atom stereocenters. The third kappa shape index (κ3) is 5.26. The second-order valence-electron chi connectivity index (χ2n) is 7.13. The highest BCUT2D eigenvalue weighted by atomic mass is 16.3. The van der Waals surface area contributed by atoms with Gasteiger partial charge >= 0.3 is 0 Å². The molecule has 1 rings (SSSR count). The van der Waals surface area contributed by atoms with Gasteiger partial charge in [0.05, 0.1) is 6.10 Å². The van der Waals surface area contributed by atoms with Gasteiger partial charge in [-0.2, -0.15) is 0 Å². The summed E-state index contributed by atoms with van der Waals surface area (Å²) >= 11 is 0. The maximum Gasteiger partial charge on any atom is 0.0916 e. The van der Waals surface area contributed by atoms with E-state index in [-0.39, 0.29) is 5.41 Å². The normalized spacial score (nSPS) is 14.1. The highest BCUT2D eigenvalue weighted by Gasteiger charge is 2.16. The van der Waals surface area contributed by atoms with Crippen LogP contribution in [0.2, 0.25) is 0 Å². The molecule has 0 heterocycles. The van der Waals surface area contributed by atoms with E-state index in [2.05, 4.69) is 70.7 Å². The molecule has 0 saturated carbocycles. The van der Waals surface area contributed by atoms with Gasteiger partial charge in [0.15, 0.2) is 0 Å². The topological polar surface area (TPSA) is 23.5 Å². The highest BCUT2D eigenvalue weighted by molar-refractivity contribution is 5.28. The Balaban J connectivity index is 2.70. The quantitative estimate of drug-likeness (QED) is 0.849. The van der Waals surface area contributed by atoms with Crippen LogP contribution < -0.4 is 0 Å². The molecule has 1 aromatic rings. The number of rotatable bonds is 6.